The van der Waals surface area contributed by atoms with Crippen molar-refractivity contribution >= 4 is 38.2 Å². The molecule has 2 radical (unpaired) electrons. The summed E-state index contributed by atoms with van der Waals surface area (Å²) in [5, 5.41) is 0. The average Bonchev–Trinajstić information content (AvgIpc) is 2.62. The molecule has 1 unspecified atom stereocenters. The molecule has 6 nitrogen and oxygen atoms in total. The average molecular weight is 380 g/mol. The second-order valence-electron chi connectivity index (χ2n) is 6.05. The van der Waals surface area contributed by atoms with Crippen molar-refractivity contribution in [3.63, 3.8) is 0 Å². The summed E-state index contributed by atoms with van der Waals surface area (Å²) in [7, 11) is 0. The van der Waals surface area contributed by atoms with Gasteiger partial charge in [-0.3, -0.25) is 0 Å². The molecule has 1 aliphatic rings. The summed E-state index contributed by atoms with van der Waals surface area (Å²) in [6, 6.07) is 6.11. The fourth-order valence-electron chi connectivity index (χ4n) is 3.22. The first-order chi connectivity index (χ1) is 11.7. The van der Waals surface area contributed by atoms with Crippen molar-refractivity contribution in [3.05, 3.63) is 42.2 Å². The van der Waals surface area contributed by atoms with E-state index in [9.17, 15) is 0 Å². The summed E-state index contributed by atoms with van der Waals surface area (Å²) in [6.45, 7) is 3.88. The van der Waals surface area contributed by atoms with Gasteiger partial charge in [0.15, 0.2) is 0 Å². The third kappa shape index (κ3) is 2.98. The number of piperidine rings is 1. The van der Waals surface area contributed by atoms with Gasteiger partial charge >= 0.3 is 149 Å². The Hall–Kier alpha value is -2.07. The first kappa shape index (κ1) is 15.5. The number of aromatic nitrogens is 5. The second kappa shape index (κ2) is 6.44. The summed E-state index contributed by atoms with van der Waals surface area (Å²) < 4.78 is 0.856. The minimum absolute atomic E-state index is 0.418. The standard InChI is InChI=1S/C17H17AsN6/c1-11-19-7-6-13(22-11)12-3-2-8-24(9-12)15-5-4-14-16(23-15)17(18)21-10-20-14/h4-7,10,12H,2-3,8-9H2,1H3. The van der Waals surface area contributed by atoms with Crippen molar-refractivity contribution in [3.8, 4) is 0 Å². The van der Waals surface area contributed by atoms with Gasteiger partial charge in [0, 0.05) is 0 Å². The summed E-state index contributed by atoms with van der Waals surface area (Å²) in [4.78, 5) is 24.5. The van der Waals surface area contributed by atoms with Crippen molar-refractivity contribution in [2.24, 2.45) is 0 Å². The minimum atomic E-state index is 0.418. The molecule has 0 spiro atoms. The van der Waals surface area contributed by atoms with E-state index in [2.05, 4.69) is 47.8 Å². The predicted molar refractivity (Wildman–Crippen MR) is 93.7 cm³/mol. The van der Waals surface area contributed by atoms with E-state index in [1.807, 2.05) is 25.3 Å². The molecule has 1 aliphatic heterocycles. The molecule has 0 aromatic carbocycles. The van der Waals surface area contributed by atoms with Gasteiger partial charge < -0.3 is 0 Å². The number of hydrogen-bond acceptors (Lipinski definition) is 6. The van der Waals surface area contributed by atoms with Gasteiger partial charge in [-0.25, -0.2) is 0 Å². The van der Waals surface area contributed by atoms with Crippen molar-refractivity contribution in [1.29, 1.82) is 0 Å². The number of aryl methyl sites for hydroxylation is 1. The number of rotatable bonds is 2. The van der Waals surface area contributed by atoms with Gasteiger partial charge in [0.1, 0.15) is 0 Å². The number of nitrogens with zero attached hydrogens (tertiary/aromatic N) is 6. The Bertz CT molecular complexity index is 884. The monoisotopic (exact) mass is 380 g/mol. The molecule has 7 heteroatoms. The van der Waals surface area contributed by atoms with Crippen LogP contribution in [0.1, 0.15) is 30.3 Å². The third-order valence-corrected chi connectivity index (χ3v) is 5.10. The van der Waals surface area contributed by atoms with Crippen LogP contribution in [-0.4, -0.2) is 54.9 Å². The maximum absolute atomic E-state index is 4.80. The Morgan fingerprint density at radius 1 is 1.12 bits per heavy atom. The van der Waals surface area contributed by atoms with E-state index in [-0.39, 0.29) is 0 Å². The van der Waals surface area contributed by atoms with E-state index in [0.717, 1.165) is 58.8 Å². The zero-order chi connectivity index (χ0) is 16.5. The quantitative estimate of drug-likeness (QED) is 0.625. The number of anilines is 1. The SMILES string of the molecule is Cc1nccc(C2CCCN(c3ccc4ncnc([As])c4n3)C2)n1. The van der Waals surface area contributed by atoms with Crippen molar-refractivity contribution in [2.75, 3.05) is 18.0 Å². The van der Waals surface area contributed by atoms with E-state index in [4.69, 9.17) is 4.98 Å². The van der Waals surface area contributed by atoms with Crippen LogP contribution in [0.2, 0.25) is 0 Å². The van der Waals surface area contributed by atoms with E-state index in [0.29, 0.717) is 5.92 Å². The van der Waals surface area contributed by atoms with E-state index >= 15 is 0 Å². The van der Waals surface area contributed by atoms with Crippen LogP contribution in [0, 0.1) is 6.92 Å². The zero-order valence-electron chi connectivity index (χ0n) is 13.4. The van der Waals surface area contributed by atoms with Gasteiger partial charge in [-0.05, 0) is 0 Å². The molecule has 3 aromatic rings. The van der Waals surface area contributed by atoms with Gasteiger partial charge in [-0.2, -0.15) is 0 Å². The summed E-state index contributed by atoms with van der Waals surface area (Å²) in [5.41, 5.74) is 2.86. The molecule has 1 atom stereocenters. The first-order valence-corrected chi connectivity index (χ1v) is 9.00. The molecule has 0 amide bonds. The zero-order valence-corrected chi connectivity index (χ0v) is 15.3. The van der Waals surface area contributed by atoms with Gasteiger partial charge in [-0.15, -0.1) is 0 Å². The van der Waals surface area contributed by atoms with Crippen LogP contribution in [0.4, 0.5) is 5.82 Å². The van der Waals surface area contributed by atoms with Crippen molar-refractivity contribution < 1.29 is 0 Å². The summed E-state index contributed by atoms with van der Waals surface area (Å²) in [6.07, 6.45) is 5.71. The van der Waals surface area contributed by atoms with Crippen LogP contribution in [-0.2, 0) is 0 Å². The van der Waals surface area contributed by atoms with Crippen molar-refractivity contribution in [1.82, 2.24) is 24.9 Å². The third-order valence-electron chi connectivity index (χ3n) is 4.41. The topological polar surface area (TPSA) is 67.7 Å². The van der Waals surface area contributed by atoms with Crippen LogP contribution in [0.5, 0.6) is 0 Å². The van der Waals surface area contributed by atoms with Crippen molar-refractivity contribution in [2.45, 2.75) is 25.7 Å². The van der Waals surface area contributed by atoms with Crippen LogP contribution in [0.3, 0.4) is 0 Å². The molecule has 4 rings (SSSR count). The molecule has 3 aromatic heterocycles. The van der Waals surface area contributed by atoms with Gasteiger partial charge in [0.25, 0.3) is 0 Å². The molecule has 1 fully saturated rings. The number of fused-ring (bicyclic) bond motifs is 1. The summed E-state index contributed by atoms with van der Waals surface area (Å²) in [5.74, 6) is 2.24. The van der Waals surface area contributed by atoms with Gasteiger partial charge in [0.2, 0.25) is 0 Å². The molecule has 0 saturated carbocycles. The van der Waals surface area contributed by atoms with Gasteiger partial charge in [-0.1, -0.05) is 0 Å². The number of hydrogen-bond donors (Lipinski definition) is 0. The van der Waals surface area contributed by atoms with E-state index < -0.39 is 0 Å². The molecule has 0 aliphatic carbocycles. The molecule has 0 N–H and O–H groups in total. The first-order valence-electron chi connectivity index (χ1n) is 8.06. The molecular formula is C17H17AsN6. The van der Waals surface area contributed by atoms with Gasteiger partial charge in [0.05, 0.1) is 0 Å². The molecule has 24 heavy (non-hydrogen) atoms. The Kier molecular flexibility index (Phi) is 4.15. The molecule has 0 bridgehead atoms. The second-order valence-corrected chi connectivity index (χ2v) is 6.94. The molecule has 120 valence electrons. The van der Waals surface area contributed by atoms with Crippen LogP contribution in [0.25, 0.3) is 11.0 Å². The Morgan fingerprint density at radius 3 is 2.92 bits per heavy atom. The van der Waals surface area contributed by atoms with E-state index in [1.165, 1.54) is 0 Å². The normalized spacial score (nSPS) is 18.1. The Balaban J connectivity index is 1.63. The Morgan fingerprint density at radius 2 is 2.04 bits per heavy atom. The predicted octanol–water partition coefficient (Wildman–Crippen LogP) is 1.30. The van der Waals surface area contributed by atoms with E-state index in [1.54, 1.807) is 6.33 Å². The fraction of sp³-hybridized carbons (Fsp3) is 0.353. The molecular weight excluding hydrogens is 363 g/mol. The fourth-order valence-corrected chi connectivity index (χ4v) is 3.68. The van der Waals surface area contributed by atoms with Crippen LogP contribution in [0.15, 0.2) is 30.7 Å². The molecule has 4 heterocycles. The maximum atomic E-state index is 4.80. The molecule has 1 saturated heterocycles. The van der Waals surface area contributed by atoms with Crippen LogP contribution < -0.4 is 9.38 Å². The van der Waals surface area contributed by atoms with Crippen LogP contribution >= 0.6 is 0 Å². The number of pyridine rings is 1. The Labute approximate surface area is 149 Å². The summed E-state index contributed by atoms with van der Waals surface area (Å²) >= 11 is 2.47.